The molecule has 1 heterocycles. The molecule has 0 aliphatic carbocycles. The number of para-hydroxylation sites is 1. The predicted octanol–water partition coefficient (Wildman–Crippen LogP) is 4.75. The van der Waals surface area contributed by atoms with Gasteiger partial charge in [-0.05, 0) is 73.9 Å². The van der Waals surface area contributed by atoms with Crippen LogP contribution in [0.2, 0.25) is 0 Å². The van der Waals surface area contributed by atoms with E-state index in [4.69, 9.17) is 0 Å². The highest BCUT2D eigenvalue weighted by Gasteiger charge is 2.21. The van der Waals surface area contributed by atoms with Crippen LogP contribution >= 0.6 is 0 Å². The lowest BCUT2D eigenvalue weighted by Crippen LogP contribution is -2.29. The number of carbonyl (C=O) groups excluding carboxylic acids is 1. The van der Waals surface area contributed by atoms with Crippen molar-refractivity contribution < 1.29 is 13.2 Å². The molecule has 1 aliphatic heterocycles. The molecule has 4 rings (SSSR count). The van der Waals surface area contributed by atoms with Crippen molar-refractivity contribution in [3.8, 4) is 0 Å². The smallest absolute Gasteiger partial charge is 0.264 e. The van der Waals surface area contributed by atoms with Gasteiger partial charge in [0.05, 0.1) is 10.6 Å². The van der Waals surface area contributed by atoms with Gasteiger partial charge in [0.1, 0.15) is 0 Å². The highest BCUT2D eigenvalue weighted by Crippen LogP contribution is 2.24. The number of anilines is 3. The van der Waals surface area contributed by atoms with Crippen LogP contribution in [-0.2, 0) is 10.0 Å². The summed E-state index contributed by atoms with van der Waals surface area (Å²) in [6.45, 7) is 2.07. The van der Waals surface area contributed by atoms with Gasteiger partial charge in [0.25, 0.3) is 15.9 Å². The molecule has 166 valence electrons. The predicted molar refractivity (Wildman–Crippen MR) is 129 cm³/mol. The molecule has 1 saturated heterocycles. The average Bonchev–Trinajstić information content (AvgIpc) is 2.85. The van der Waals surface area contributed by atoms with Crippen LogP contribution < -0.4 is 14.5 Å². The summed E-state index contributed by atoms with van der Waals surface area (Å²) in [5.74, 6) is -0.277. The lowest BCUT2D eigenvalue weighted by atomic mass is 10.1. The fraction of sp³-hybridized carbons (Fsp3) is 0.240. The molecule has 7 heteroatoms. The van der Waals surface area contributed by atoms with Crippen LogP contribution in [0.5, 0.6) is 0 Å². The summed E-state index contributed by atoms with van der Waals surface area (Å²) in [4.78, 5) is 15.2. The second-order valence-corrected chi connectivity index (χ2v) is 9.85. The number of nitrogens with one attached hydrogen (secondary N) is 1. The Bertz CT molecular complexity index is 1170. The van der Waals surface area contributed by atoms with E-state index >= 15 is 0 Å². The minimum Gasteiger partial charge on any atom is -0.371 e. The average molecular weight is 450 g/mol. The quantitative estimate of drug-likeness (QED) is 0.589. The van der Waals surface area contributed by atoms with E-state index in [0.29, 0.717) is 11.3 Å². The van der Waals surface area contributed by atoms with E-state index in [1.807, 2.05) is 24.3 Å². The molecule has 0 bridgehead atoms. The Kier molecular flexibility index (Phi) is 6.46. The van der Waals surface area contributed by atoms with E-state index in [9.17, 15) is 13.2 Å². The fourth-order valence-corrected chi connectivity index (χ4v) is 5.04. The van der Waals surface area contributed by atoms with Gasteiger partial charge in [-0.2, -0.15) is 0 Å². The topological polar surface area (TPSA) is 69.7 Å². The van der Waals surface area contributed by atoms with Crippen LogP contribution in [-0.4, -0.2) is 34.5 Å². The van der Waals surface area contributed by atoms with Crippen LogP contribution in [0.3, 0.4) is 0 Å². The van der Waals surface area contributed by atoms with Crippen molar-refractivity contribution in [2.24, 2.45) is 0 Å². The Morgan fingerprint density at radius 1 is 0.875 bits per heavy atom. The van der Waals surface area contributed by atoms with Gasteiger partial charge in [-0.3, -0.25) is 9.10 Å². The van der Waals surface area contributed by atoms with Gasteiger partial charge >= 0.3 is 0 Å². The molecule has 1 fully saturated rings. The third-order valence-corrected chi connectivity index (χ3v) is 7.52. The highest BCUT2D eigenvalue weighted by atomic mass is 32.2. The van der Waals surface area contributed by atoms with Gasteiger partial charge in [0, 0.05) is 37.1 Å². The molecule has 3 aromatic rings. The molecule has 0 radical (unpaired) electrons. The number of benzene rings is 3. The highest BCUT2D eigenvalue weighted by molar-refractivity contribution is 7.92. The van der Waals surface area contributed by atoms with Crippen molar-refractivity contribution in [3.05, 3.63) is 84.4 Å². The SMILES string of the molecule is CN(c1ccccc1)S(=O)(=O)c1ccc(C(=O)Nc2cccc(N3CCCCC3)c2)cc1. The molecule has 0 spiro atoms. The summed E-state index contributed by atoms with van der Waals surface area (Å²) in [6, 6.07) is 22.7. The monoisotopic (exact) mass is 449 g/mol. The Balaban J connectivity index is 1.47. The molecular weight excluding hydrogens is 422 g/mol. The Morgan fingerprint density at radius 3 is 2.25 bits per heavy atom. The van der Waals surface area contributed by atoms with Gasteiger partial charge in [0.2, 0.25) is 0 Å². The van der Waals surface area contributed by atoms with Crippen LogP contribution in [0.1, 0.15) is 29.6 Å². The minimum atomic E-state index is -3.72. The maximum absolute atomic E-state index is 12.9. The molecule has 0 atom stereocenters. The Labute approximate surface area is 189 Å². The first-order chi connectivity index (χ1) is 15.4. The summed E-state index contributed by atoms with van der Waals surface area (Å²) in [5, 5.41) is 2.92. The van der Waals surface area contributed by atoms with E-state index in [0.717, 1.165) is 24.5 Å². The third kappa shape index (κ3) is 4.78. The van der Waals surface area contributed by atoms with Gasteiger partial charge in [0.15, 0.2) is 0 Å². The minimum absolute atomic E-state index is 0.132. The molecule has 0 aromatic heterocycles. The van der Waals surface area contributed by atoms with Crippen molar-refractivity contribution in [1.29, 1.82) is 0 Å². The summed E-state index contributed by atoms with van der Waals surface area (Å²) in [7, 11) is -2.20. The zero-order chi connectivity index (χ0) is 22.6. The van der Waals surface area contributed by atoms with Gasteiger partial charge in [-0.1, -0.05) is 24.3 Å². The number of rotatable bonds is 6. The molecule has 32 heavy (non-hydrogen) atoms. The van der Waals surface area contributed by atoms with Crippen LogP contribution in [0.15, 0.2) is 83.8 Å². The zero-order valence-corrected chi connectivity index (χ0v) is 18.9. The number of sulfonamides is 1. The van der Waals surface area contributed by atoms with Crippen molar-refractivity contribution >= 4 is 33.0 Å². The van der Waals surface area contributed by atoms with Gasteiger partial charge in [-0.25, -0.2) is 8.42 Å². The van der Waals surface area contributed by atoms with Crippen molar-refractivity contribution in [1.82, 2.24) is 0 Å². The lowest BCUT2D eigenvalue weighted by Gasteiger charge is -2.29. The van der Waals surface area contributed by atoms with E-state index in [1.54, 1.807) is 24.3 Å². The van der Waals surface area contributed by atoms with Gasteiger partial charge < -0.3 is 10.2 Å². The fourth-order valence-electron chi connectivity index (χ4n) is 3.85. The largest absolute Gasteiger partial charge is 0.371 e. The summed E-state index contributed by atoms with van der Waals surface area (Å²) >= 11 is 0. The normalized spacial score (nSPS) is 14.1. The third-order valence-electron chi connectivity index (χ3n) is 5.72. The maximum Gasteiger partial charge on any atom is 0.264 e. The molecule has 1 aliphatic rings. The van der Waals surface area contributed by atoms with Crippen molar-refractivity contribution in [2.75, 3.05) is 34.7 Å². The van der Waals surface area contributed by atoms with Crippen LogP contribution in [0, 0.1) is 0 Å². The van der Waals surface area contributed by atoms with E-state index in [2.05, 4.69) is 16.3 Å². The standard InChI is InChI=1S/C25H27N3O3S/c1-27(22-10-4-2-5-11-22)32(30,31)24-15-13-20(14-16-24)25(29)26-21-9-8-12-23(19-21)28-17-6-3-7-18-28/h2,4-5,8-16,19H,3,6-7,17-18H2,1H3,(H,26,29). The molecular formula is C25H27N3O3S. The molecule has 1 amide bonds. The van der Waals surface area contributed by atoms with Crippen LogP contribution in [0.4, 0.5) is 17.1 Å². The van der Waals surface area contributed by atoms with E-state index in [1.165, 1.54) is 54.9 Å². The summed E-state index contributed by atoms with van der Waals surface area (Å²) in [5.41, 5.74) is 2.80. The van der Waals surface area contributed by atoms with Crippen LogP contribution in [0.25, 0.3) is 0 Å². The Morgan fingerprint density at radius 2 is 1.56 bits per heavy atom. The second kappa shape index (κ2) is 9.44. The molecule has 6 nitrogen and oxygen atoms in total. The summed E-state index contributed by atoms with van der Waals surface area (Å²) in [6.07, 6.45) is 3.64. The van der Waals surface area contributed by atoms with E-state index in [-0.39, 0.29) is 10.8 Å². The first-order valence-corrected chi connectivity index (χ1v) is 12.2. The first-order valence-electron chi connectivity index (χ1n) is 10.8. The van der Waals surface area contributed by atoms with Gasteiger partial charge in [-0.15, -0.1) is 0 Å². The number of hydrogen-bond acceptors (Lipinski definition) is 4. The van der Waals surface area contributed by atoms with E-state index < -0.39 is 10.0 Å². The summed E-state index contributed by atoms with van der Waals surface area (Å²) < 4.78 is 27.1. The number of hydrogen-bond donors (Lipinski definition) is 1. The first kappa shape index (κ1) is 21.9. The molecule has 1 N–H and O–H groups in total. The molecule has 0 unspecified atom stereocenters. The second-order valence-electron chi connectivity index (χ2n) is 7.88. The molecule has 3 aromatic carbocycles. The van der Waals surface area contributed by atoms with Crippen molar-refractivity contribution in [3.63, 3.8) is 0 Å². The number of piperidine rings is 1. The number of nitrogens with zero attached hydrogens (tertiary/aromatic N) is 2. The number of carbonyl (C=O) groups is 1. The zero-order valence-electron chi connectivity index (χ0n) is 18.1. The molecule has 0 saturated carbocycles. The maximum atomic E-state index is 12.9. The Hall–Kier alpha value is -3.32. The van der Waals surface area contributed by atoms with Crippen molar-refractivity contribution in [2.45, 2.75) is 24.2 Å². The lowest BCUT2D eigenvalue weighted by molar-refractivity contribution is 0.102. The number of amides is 1.